The molecular weight excluding hydrogens is 478 g/mol. The molecule has 2 aromatic heterocycles. The Morgan fingerprint density at radius 1 is 0.946 bits per heavy atom. The van der Waals surface area contributed by atoms with Crippen LogP contribution in [-0.4, -0.2) is 16.6 Å². The molecule has 5 rings (SSSR count). The molecule has 182 valence electrons. The first-order chi connectivity index (χ1) is 17.9. The molecule has 0 aliphatic heterocycles. The molecule has 5 nitrogen and oxygen atoms in total. The summed E-state index contributed by atoms with van der Waals surface area (Å²) in [7, 11) is 0. The van der Waals surface area contributed by atoms with Crippen LogP contribution >= 0.6 is 11.8 Å². The molecule has 0 saturated heterocycles. The van der Waals surface area contributed by atoms with E-state index in [0.717, 1.165) is 38.2 Å². The van der Waals surface area contributed by atoms with Gasteiger partial charge in [-0.15, -0.1) is 0 Å². The van der Waals surface area contributed by atoms with Gasteiger partial charge in [0.15, 0.2) is 0 Å². The Bertz CT molecular complexity index is 1650. The highest BCUT2D eigenvalue weighted by Gasteiger charge is 2.24. The van der Waals surface area contributed by atoms with Crippen LogP contribution in [0.25, 0.3) is 33.4 Å². The molecular formula is C31H25N3O2S. The van der Waals surface area contributed by atoms with E-state index >= 15 is 0 Å². The average Bonchev–Trinajstić information content (AvgIpc) is 3.27. The zero-order valence-electron chi connectivity index (χ0n) is 20.8. The number of hydrogen-bond donors (Lipinski definition) is 1. The van der Waals surface area contributed by atoms with Crippen LogP contribution in [0, 0.1) is 32.1 Å². The third-order valence-corrected chi connectivity index (χ3v) is 7.07. The first-order valence-corrected chi connectivity index (χ1v) is 12.9. The number of hydrogen-bond acceptors (Lipinski definition) is 5. The summed E-state index contributed by atoms with van der Waals surface area (Å²) in [6.07, 6.45) is 0. The summed E-state index contributed by atoms with van der Waals surface area (Å²) in [6.45, 7) is 6.19. The van der Waals surface area contributed by atoms with Crippen molar-refractivity contribution in [2.24, 2.45) is 0 Å². The Labute approximate surface area is 220 Å². The van der Waals surface area contributed by atoms with Crippen molar-refractivity contribution in [3.05, 3.63) is 101 Å². The van der Waals surface area contributed by atoms with E-state index in [1.165, 1.54) is 17.3 Å². The van der Waals surface area contributed by atoms with Gasteiger partial charge in [0, 0.05) is 16.5 Å². The summed E-state index contributed by atoms with van der Waals surface area (Å²) >= 11 is 1.36. The maximum Gasteiger partial charge on any atom is 0.237 e. The first kappa shape index (κ1) is 24.4. The molecule has 0 aliphatic rings. The predicted molar refractivity (Wildman–Crippen MR) is 150 cm³/mol. The van der Waals surface area contributed by atoms with Crippen molar-refractivity contribution in [3.8, 4) is 28.5 Å². The molecule has 1 N–H and O–H groups in total. The molecule has 0 radical (unpaired) electrons. The monoisotopic (exact) mass is 503 g/mol. The molecule has 0 bridgehead atoms. The molecule has 0 spiro atoms. The van der Waals surface area contributed by atoms with E-state index in [1.807, 2.05) is 66.7 Å². The summed E-state index contributed by atoms with van der Waals surface area (Å²) in [5.41, 5.74) is 7.02. The van der Waals surface area contributed by atoms with E-state index in [4.69, 9.17) is 9.40 Å². The van der Waals surface area contributed by atoms with Gasteiger partial charge in [0.1, 0.15) is 17.4 Å². The standard InChI is InChI=1S/C31H25N3O2S/c1-19-14-21(3)29-24(15-19)20(2)16-27(34-29)37-18-26(35)33-31-25(17-32)28(22-10-6-4-7-11-22)30(36-31)23-12-8-5-9-13-23/h4-16H,18H2,1-3H3,(H,33,35). The lowest BCUT2D eigenvalue weighted by Gasteiger charge is -2.09. The van der Waals surface area contributed by atoms with Crippen LogP contribution < -0.4 is 5.32 Å². The fraction of sp³-hybridized carbons (Fsp3) is 0.129. The van der Waals surface area contributed by atoms with Crippen LogP contribution in [0.4, 0.5) is 5.88 Å². The lowest BCUT2D eigenvalue weighted by molar-refractivity contribution is -0.113. The normalized spacial score (nSPS) is 10.9. The zero-order chi connectivity index (χ0) is 25.9. The van der Waals surface area contributed by atoms with E-state index in [9.17, 15) is 10.1 Å². The summed E-state index contributed by atoms with van der Waals surface area (Å²) < 4.78 is 6.12. The number of rotatable bonds is 6. The van der Waals surface area contributed by atoms with Crippen molar-refractivity contribution in [2.75, 3.05) is 11.1 Å². The highest BCUT2D eigenvalue weighted by molar-refractivity contribution is 7.99. The minimum Gasteiger partial charge on any atom is -0.438 e. The molecule has 3 aromatic carbocycles. The van der Waals surface area contributed by atoms with Crippen LogP contribution in [0.1, 0.15) is 22.3 Å². The highest BCUT2D eigenvalue weighted by atomic mass is 32.2. The molecule has 6 heteroatoms. The third-order valence-electron chi connectivity index (χ3n) is 6.15. The number of thioether (sulfide) groups is 1. The molecule has 2 heterocycles. The van der Waals surface area contributed by atoms with Gasteiger partial charge in [-0.25, -0.2) is 4.98 Å². The van der Waals surface area contributed by atoms with E-state index < -0.39 is 0 Å². The number of anilines is 1. The van der Waals surface area contributed by atoms with Crippen molar-refractivity contribution < 1.29 is 9.21 Å². The topological polar surface area (TPSA) is 78.9 Å². The van der Waals surface area contributed by atoms with Crippen LogP contribution in [0.15, 0.2) is 88.3 Å². The summed E-state index contributed by atoms with van der Waals surface area (Å²) in [5, 5.41) is 14.8. The number of benzene rings is 3. The zero-order valence-corrected chi connectivity index (χ0v) is 21.6. The lowest BCUT2D eigenvalue weighted by Crippen LogP contribution is -2.14. The number of amides is 1. The number of pyridine rings is 1. The number of nitriles is 1. The lowest BCUT2D eigenvalue weighted by atomic mass is 9.98. The van der Waals surface area contributed by atoms with Crippen molar-refractivity contribution in [2.45, 2.75) is 25.8 Å². The predicted octanol–water partition coefficient (Wildman–Crippen LogP) is 7.69. The largest absolute Gasteiger partial charge is 0.438 e. The molecule has 0 aliphatic carbocycles. The van der Waals surface area contributed by atoms with E-state index in [-0.39, 0.29) is 17.5 Å². The number of nitrogens with one attached hydrogen (secondary N) is 1. The molecule has 0 fully saturated rings. The second kappa shape index (κ2) is 10.3. The van der Waals surface area contributed by atoms with Gasteiger partial charge in [0.05, 0.1) is 16.3 Å². The van der Waals surface area contributed by atoms with Gasteiger partial charge in [-0.3, -0.25) is 10.1 Å². The fourth-order valence-corrected chi connectivity index (χ4v) is 5.26. The van der Waals surface area contributed by atoms with Gasteiger partial charge >= 0.3 is 0 Å². The molecule has 37 heavy (non-hydrogen) atoms. The van der Waals surface area contributed by atoms with Gasteiger partial charge in [-0.05, 0) is 49.6 Å². The second-order valence-corrected chi connectivity index (χ2v) is 9.94. The Morgan fingerprint density at radius 3 is 2.30 bits per heavy atom. The maximum atomic E-state index is 13.0. The minimum atomic E-state index is -0.269. The average molecular weight is 504 g/mol. The van der Waals surface area contributed by atoms with Gasteiger partial charge in [0.2, 0.25) is 11.8 Å². The highest BCUT2D eigenvalue weighted by Crippen LogP contribution is 2.41. The number of aryl methyl sites for hydroxylation is 3. The van der Waals surface area contributed by atoms with Crippen LogP contribution in [-0.2, 0) is 4.79 Å². The van der Waals surface area contributed by atoms with Crippen molar-refractivity contribution in [1.29, 1.82) is 5.26 Å². The van der Waals surface area contributed by atoms with Gasteiger partial charge in [-0.1, -0.05) is 84.1 Å². The number of aromatic nitrogens is 1. The Hall–Kier alpha value is -4.34. The van der Waals surface area contributed by atoms with Gasteiger partial charge in [-0.2, -0.15) is 5.26 Å². The van der Waals surface area contributed by atoms with Crippen LogP contribution in [0.3, 0.4) is 0 Å². The summed E-state index contributed by atoms with van der Waals surface area (Å²) in [6, 6.07) is 27.7. The van der Waals surface area contributed by atoms with E-state index in [2.05, 4.69) is 44.3 Å². The maximum absolute atomic E-state index is 13.0. The van der Waals surface area contributed by atoms with Crippen molar-refractivity contribution in [1.82, 2.24) is 4.98 Å². The molecule has 0 saturated carbocycles. The third kappa shape index (κ3) is 5.00. The van der Waals surface area contributed by atoms with Crippen LogP contribution in [0.2, 0.25) is 0 Å². The molecule has 0 unspecified atom stereocenters. The minimum absolute atomic E-state index is 0.135. The molecule has 5 aromatic rings. The Kier molecular flexibility index (Phi) is 6.80. The van der Waals surface area contributed by atoms with E-state index in [1.54, 1.807) is 0 Å². The number of furan rings is 1. The number of carbonyl (C=O) groups is 1. The van der Waals surface area contributed by atoms with Gasteiger partial charge in [0.25, 0.3) is 0 Å². The second-order valence-electron chi connectivity index (χ2n) is 8.95. The summed E-state index contributed by atoms with van der Waals surface area (Å²) in [5.74, 6) is 0.564. The van der Waals surface area contributed by atoms with Crippen LogP contribution in [0.5, 0.6) is 0 Å². The number of carbonyl (C=O) groups excluding carboxylic acids is 1. The van der Waals surface area contributed by atoms with Crippen molar-refractivity contribution >= 4 is 34.5 Å². The quantitative estimate of drug-likeness (QED) is 0.240. The van der Waals surface area contributed by atoms with Crippen molar-refractivity contribution in [3.63, 3.8) is 0 Å². The number of nitrogens with zero attached hydrogens (tertiary/aromatic N) is 2. The van der Waals surface area contributed by atoms with E-state index in [0.29, 0.717) is 16.9 Å². The Balaban J connectivity index is 1.43. The van der Waals surface area contributed by atoms with Gasteiger partial charge < -0.3 is 4.42 Å². The number of fused-ring (bicyclic) bond motifs is 1. The SMILES string of the molecule is Cc1cc(C)c2nc(SCC(=O)Nc3oc(-c4ccccc4)c(-c4ccccc4)c3C#N)cc(C)c2c1. The molecule has 0 atom stereocenters. The fourth-order valence-electron chi connectivity index (χ4n) is 4.49. The molecule has 1 amide bonds. The summed E-state index contributed by atoms with van der Waals surface area (Å²) in [4.78, 5) is 17.8. The smallest absolute Gasteiger partial charge is 0.237 e. The first-order valence-electron chi connectivity index (χ1n) is 11.9. The Morgan fingerprint density at radius 2 is 1.62 bits per heavy atom.